The van der Waals surface area contributed by atoms with E-state index in [1.54, 1.807) is 24.5 Å². The monoisotopic (exact) mass is 233 g/mol. The van der Waals surface area contributed by atoms with Crippen molar-refractivity contribution < 1.29 is 4.79 Å². The number of nitrogens with one attached hydrogen (secondary N) is 1. The van der Waals surface area contributed by atoms with Gasteiger partial charge < -0.3 is 11.1 Å². The van der Waals surface area contributed by atoms with E-state index in [-0.39, 0.29) is 11.3 Å². The molecule has 1 aromatic heterocycles. The van der Waals surface area contributed by atoms with Crippen molar-refractivity contribution in [1.82, 2.24) is 10.3 Å². The van der Waals surface area contributed by atoms with Crippen LogP contribution in [0.4, 0.5) is 0 Å². The quantitative estimate of drug-likeness (QED) is 0.824. The van der Waals surface area contributed by atoms with Crippen molar-refractivity contribution in [2.75, 3.05) is 13.1 Å². The fraction of sp³-hybridized carbons (Fsp3) is 0.538. The highest BCUT2D eigenvalue weighted by Gasteiger charge is 2.32. The predicted octanol–water partition coefficient (Wildman–Crippen LogP) is 1.33. The summed E-state index contributed by atoms with van der Waals surface area (Å²) in [6.45, 7) is 1.33. The zero-order valence-corrected chi connectivity index (χ0v) is 9.98. The van der Waals surface area contributed by atoms with Crippen molar-refractivity contribution in [2.45, 2.75) is 25.7 Å². The van der Waals surface area contributed by atoms with Gasteiger partial charge in [0.15, 0.2) is 0 Å². The largest absolute Gasteiger partial charge is 0.351 e. The van der Waals surface area contributed by atoms with Gasteiger partial charge in [-0.3, -0.25) is 9.78 Å². The molecule has 0 saturated heterocycles. The van der Waals surface area contributed by atoms with Crippen molar-refractivity contribution in [3.8, 4) is 0 Å². The molecule has 1 saturated carbocycles. The average molecular weight is 233 g/mol. The molecule has 0 radical (unpaired) electrons. The minimum absolute atomic E-state index is 0.0576. The summed E-state index contributed by atoms with van der Waals surface area (Å²) in [5.74, 6) is -0.0576. The van der Waals surface area contributed by atoms with E-state index in [1.807, 2.05) is 0 Å². The Morgan fingerprint density at radius 3 is 2.82 bits per heavy atom. The van der Waals surface area contributed by atoms with Crippen molar-refractivity contribution >= 4 is 5.91 Å². The van der Waals surface area contributed by atoms with E-state index in [0.717, 1.165) is 12.8 Å². The number of nitrogens with two attached hydrogens (primary N) is 1. The summed E-state index contributed by atoms with van der Waals surface area (Å²) < 4.78 is 0. The van der Waals surface area contributed by atoms with Gasteiger partial charge in [0.05, 0.1) is 5.56 Å². The summed E-state index contributed by atoms with van der Waals surface area (Å²) in [6.07, 6.45) is 7.93. The third-order valence-corrected chi connectivity index (χ3v) is 3.64. The second kappa shape index (κ2) is 5.27. The van der Waals surface area contributed by atoms with E-state index in [1.165, 1.54) is 12.8 Å². The molecule has 3 N–H and O–H groups in total. The van der Waals surface area contributed by atoms with Gasteiger partial charge in [-0.15, -0.1) is 0 Å². The molecule has 92 valence electrons. The van der Waals surface area contributed by atoms with Gasteiger partial charge in [-0.2, -0.15) is 0 Å². The fourth-order valence-corrected chi connectivity index (χ4v) is 2.44. The van der Waals surface area contributed by atoms with Gasteiger partial charge in [0.1, 0.15) is 0 Å². The molecule has 0 unspecified atom stereocenters. The van der Waals surface area contributed by atoms with Crippen LogP contribution in [0.5, 0.6) is 0 Å². The maximum atomic E-state index is 11.9. The van der Waals surface area contributed by atoms with Gasteiger partial charge >= 0.3 is 0 Å². The Bertz CT molecular complexity index is 372. The van der Waals surface area contributed by atoms with Gasteiger partial charge in [-0.25, -0.2) is 0 Å². The van der Waals surface area contributed by atoms with Gasteiger partial charge in [0.25, 0.3) is 5.91 Å². The number of hydrogen-bond donors (Lipinski definition) is 2. The topological polar surface area (TPSA) is 68.0 Å². The first-order chi connectivity index (χ1) is 8.26. The molecule has 0 spiro atoms. The molecule has 4 nitrogen and oxygen atoms in total. The fourth-order valence-electron chi connectivity index (χ4n) is 2.44. The summed E-state index contributed by atoms with van der Waals surface area (Å²) in [4.78, 5) is 15.8. The zero-order chi connectivity index (χ0) is 12.1. The molecule has 1 fully saturated rings. The van der Waals surface area contributed by atoms with Crippen LogP contribution in [0.25, 0.3) is 0 Å². The first-order valence-corrected chi connectivity index (χ1v) is 6.14. The Hall–Kier alpha value is -1.42. The van der Waals surface area contributed by atoms with Gasteiger partial charge in [0, 0.05) is 18.9 Å². The van der Waals surface area contributed by atoms with Crippen LogP contribution in [-0.4, -0.2) is 24.0 Å². The maximum absolute atomic E-state index is 11.9. The van der Waals surface area contributed by atoms with E-state index >= 15 is 0 Å². The number of hydrogen-bond acceptors (Lipinski definition) is 3. The Balaban J connectivity index is 1.92. The van der Waals surface area contributed by atoms with Crippen LogP contribution >= 0.6 is 0 Å². The molecule has 2 rings (SSSR count). The average Bonchev–Trinajstić information content (AvgIpc) is 2.86. The van der Waals surface area contributed by atoms with Crippen LogP contribution < -0.4 is 11.1 Å². The van der Waals surface area contributed by atoms with E-state index < -0.39 is 0 Å². The molecule has 0 aliphatic heterocycles. The Morgan fingerprint density at radius 2 is 2.24 bits per heavy atom. The lowest BCUT2D eigenvalue weighted by Crippen LogP contribution is -2.40. The molecule has 1 aromatic rings. The first-order valence-electron chi connectivity index (χ1n) is 6.14. The minimum atomic E-state index is -0.0576. The second-order valence-corrected chi connectivity index (χ2v) is 4.84. The van der Waals surface area contributed by atoms with E-state index in [0.29, 0.717) is 18.7 Å². The number of aromatic nitrogens is 1. The first kappa shape index (κ1) is 12.0. The zero-order valence-electron chi connectivity index (χ0n) is 9.98. The van der Waals surface area contributed by atoms with E-state index in [9.17, 15) is 4.79 Å². The number of amides is 1. The summed E-state index contributed by atoms with van der Waals surface area (Å²) in [7, 11) is 0. The Labute approximate surface area is 102 Å². The summed E-state index contributed by atoms with van der Waals surface area (Å²) in [5, 5.41) is 2.97. The van der Waals surface area contributed by atoms with Gasteiger partial charge in [-0.05, 0) is 36.9 Å². The molecule has 4 heteroatoms. The summed E-state index contributed by atoms with van der Waals surface area (Å²) in [5.41, 5.74) is 6.56. The van der Waals surface area contributed by atoms with Crippen LogP contribution in [0.3, 0.4) is 0 Å². The third-order valence-electron chi connectivity index (χ3n) is 3.64. The predicted molar refractivity (Wildman–Crippen MR) is 66.5 cm³/mol. The summed E-state index contributed by atoms with van der Waals surface area (Å²) in [6, 6.07) is 3.54. The van der Waals surface area contributed by atoms with Crippen LogP contribution in [0.1, 0.15) is 36.0 Å². The molecule has 0 aromatic carbocycles. The van der Waals surface area contributed by atoms with Crippen LogP contribution in [0.2, 0.25) is 0 Å². The van der Waals surface area contributed by atoms with Gasteiger partial charge in [0.2, 0.25) is 0 Å². The molecule has 17 heavy (non-hydrogen) atoms. The number of carbonyl (C=O) groups is 1. The molecule has 1 heterocycles. The second-order valence-electron chi connectivity index (χ2n) is 4.84. The number of nitrogens with zero attached hydrogens (tertiary/aromatic N) is 1. The molecule has 1 aliphatic rings. The van der Waals surface area contributed by atoms with Crippen LogP contribution in [0, 0.1) is 5.41 Å². The minimum Gasteiger partial charge on any atom is -0.351 e. The third kappa shape index (κ3) is 2.82. The van der Waals surface area contributed by atoms with Gasteiger partial charge in [-0.1, -0.05) is 12.8 Å². The molecular weight excluding hydrogens is 214 g/mol. The Kier molecular flexibility index (Phi) is 3.74. The molecular formula is C13H19N3O. The SMILES string of the molecule is NCC1(CNC(=O)c2cccnc2)CCCC1. The lowest BCUT2D eigenvalue weighted by Gasteiger charge is -2.27. The van der Waals surface area contributed by atoms with Crippen LogP contribution in [-0.2, 0) is 0 Å². The number of carbonyl (C=O) groups excluding carboxylic acids is 1. The van der Waals surface area contributed by atoms with Crippen molar-refractivity contribution in [3.63, 3.8) is 0 Å². The number of rotatable bonds is 4. The lowest BCUT2D eigenvalue weighted by atomic mass is 9.86. The standard InChI is InChI=1S/C13H19N3O/c14-9-13(5-1-2-6-13)10-16-12(17)11-4-3-7-15-8-11/h3-4,7-8H,1-2,5-6,9-10,14H2,(H,16,17). The van der Waals surface area contributed by atoms with Crippen molar-refractivity contribution in [3.05, 3.63) is 30.1 Å². The van der Waals surface area contributed by atoms with Crippen molar-refractivity contribution in [2.24, 2.45) is 11.1 Å². The lowest BCUT2D eigenvalue weighted by molar-refractivity contribution is 0.0932. The smallest absolute Gasteiger partial charge is 0.252 e. The van der Waals surface area contributed by atoms with Crippen molar-refractivity contribution in [1.29, 1.82) is 0 Å². The highest BCUT2D eigenvalue weighted by molar-refractivity contribution is 5.93. The molecule has 0 bridgehead atoms. The van der Waals surface area contributed by atoms with Crippen LogP contribution in [0.15, 0.2) is 24.5 Å². The van der Waals surface area contributed by atoms with E-state index in [4.69, 9.17) is 5.73 Å². The molecule has 1 amide bonds. The Morgan fingerprint density at radius 1 is 1.47 bits per heavy atom. The molecule has 0 atom stereocenters. The highest BCUT2D eigenvalue weighted by atomic mass is 16.1. The molecule has 1 aliphatic carbocycles. The maximum Gasteiger partial charge on any atom is 0.252 e. The number of pyridine rings is 1. The highest BCUT2D eigenvalue weighted by Crippen LogP contribution is 2.36. The normalized spacial score (nSPS) is 17.9. The van der Waals surface area contributed by atoms with E-state index in [2.05, 4.69) is 10.3 Å². The summed E-state index contributed by atoms with van der Waals surface area (Å²) >= 11 is 0.